The molecular formula is C15H22S. The van der Waals surface area contributed by atoms with Crippen LogP contribution in [0.25, 0.3) is 6.08 Å². The third kappa shape index (κ3) is 7.24. The summed E-state index contributed by atoms with van der Waals surface area (Å²) in [5.41, 5.74) is 0. The molecule has 0 radical (unpaired) electrons. The molecule has 2 rings (SSSR count). The summed E-state index contributed by atoms with van der Waals surface area (Å²) in [4.78, 5) is 2.72. The Balaban J connectivity index is 0.000000272. The van der Waals surface area contributed by atoms with E-state index in [0.717, 1.165) is 6.42 Å². The van der Waals surface area contributed by atoms with Gasteiger partial charge in [0.25, 0.3) is 0 Å². The normalized spacial score (nSPS) is 12.0. The SMILES string of the molecule is C/C=C/c1ccc(C)s1.C1=CCC=C1.CC. The lowest BCUT2D eigenvalue weighted by atomic mass is 10.4. The predicted molar refractivity (Wildman–Crippen MR) is 78.0 cm³/mol. The second-order valence-corrected chi connectivity index (χ2v) is 4.36. The standard InChI is InChI=1S/C8H10S.C5H6.C2H6/c1-3-4-8-6-5-7(2)9-8;1-2-4-5-3-1;1-2/h3-6H,1-2H3;1-4H,5H2;1-2H3/b4-3+;;. The number of hydrogen-bond acceptors (Lipinski definition) is 1. The Bertz CT molecular complexity index is 330. The second kappa shape index (κ2) is 10.4. The average molecular weight is 234 g/mol. The van der Waals surface area contributed by atoms with Crippen LogP contribution >= 0.6 is 11.3 Å². The van der Waals surface area contributed by atoms with Crippen LogP contribution in [0.5, 0.6) is 0 Å². The quantitative estimate of drug-likeness (QED) is 0.591. The highest BCUT2D eigenvalue weighted by Crippen LogP contribution is 2.15. The van der Waals surface area contributed by atoms with E-state index in [1.54, 1.807) is 0 Å². The van der Waals surface area contributed by atoms with Gasteiger partial charge in [0.1, 0.15) is 0 Å². The van der Waals surface area contributed by atoms with Gasteiger partial charge < -0.3 is 0 Å². The molecule has 0 aromatic carbocycles. The Morgan fingerprint density at radius 1 is 1.12 bits per heavy atom. The molecule has 0 spiro atoms. The smallest absolute Gasteiger partial charge is 0.0269 e. The van der Waals surface area contributed by atoms with Crippen molar-refractivity contribution in [3.8, 4) is 0 Å². The van der Waals surface area contributed by atoms with Gasteiger partial charge in [-0.3, -0.25) is 0 Å². The topological polar surface area (TPSA) is 0 Å². The fourth-order valence-electron chi connectivity index (χ4n) is 1.10. The molecule has 1 aromatic rings. The minimum atomic E-state index is 1.14. The second-order valence-electron chi connectivity index (χ2n) is 3.04. The van der Waals surface area contributed by atoms with Crippen LogP contribution in [0, 0.1) is 6.92 Å². The number of allylic oxidation sites excluding steroid dienone is 5. The van der Waals surface area contributed by atoms with Crippen molar-refractivity contribution in [2.75, 3.05) is 0 Å². The maximum atomic E-state index is 2.14. The van der Waals surface area contributed by atoms with E-state index < -0.39 is 0 Å². The zero-order valence-corrected chi connectivity index (χ0v) is 11.6. The highest BCUT2D eigenvalue weighted by Gasteiger charge is 1.87. The molecule has 88 valence electrons. The van der Waals surface area contributed by atoms with E-state index in [1.807, 2.05) is 32.1 Å². The van der Waals surface area contributed by atoms with Crippen molar-refractivity contribution in [3.63, 3.8) is 0 Å². The van der Waals surface area contributed by atoms with E-state index in [9.17, 15) is 0 Å². The van der Waals surface area contributed by atoms with Gasteiger partial charge in [-0.1, -0.05) is 44.2 Å². The molecule has 0 saturated heterocycles. The molecule has 0 unspecified atom stereocenters. The summed E-state index contributed by atoms with van der Waals surface area (Å²) in [6.07, 6.45) is 13.7. The van der Waals surface area contributed by atoms with Gasteiger partial charge in [-0.25, -0.2) is 0 Å². The molecule has 0 N–H and O–H groups in total. The van der Waals surface area contributed by atoms with Crippen LogP contribution in [0.1, 0.15) is 36.9 Å². The van der Waals surface area contributed by atoms with Crippen molar-refractivity contribution in [1.29, 1.82) is 0 Å². The molecule has 0 aliphatic heterocycles. The van der Waals surface area contributed by atoms with Crippen molar-refractivity contribution in [1.82, 2.24) is 0 Å². The van der Waals surface area contributed by atoms with E-state index in [2.05, 4.69) is 55.5 Å². The number of hydrogen-bond donors (Lipinski definition) is 0. The van der Waals surface area contributed by atoms with Crippen LogP contribution in [0.4, 0.5) is 0 Å². The maximum absolute atomic E-state index is 2.14. The molecule has 0 amide bonds. The molecule has 16 heavy (non-hydrogen) atoms. The fraction of sp³-hybridized carbons (Fsp3) is 0.333. The molecule has 0 atom stereocenters. The summed E-state index contributed by atoms with van der Waals surface area (Å²) >= 11 is 1.83. The minimum Gasteiger partial charge on any atom is -0.141 e. The number of rotatable bonds is 1. The van der Waals surface area contributed by atoms with Crippen LogP contribution in [0.2, 0.25) is 0 Å². The molecular weight excluding hydrogens is 212 g/mol. The van der Waals surface area contributed by atoms with E-state index >= 15 is 0 Å². The zero-order chi connectivity index (χ0) is 12.2. The van der Waals surface area contributed by atoms with Gasteiger partial charge >= 0.3 is 0 Å². The van der Waals surface area contributed by atoms with Crippen molar-refractivity contribution in [2.45, 2.75) is 34.1 Å². The van der Waals surface area contributed by atoms with Crippen LogP contribution in [-0.2, 0) is 0 Å². The molecule has 0 bridgehead atoms. The largest absolute Gasteiger partial charge is 0.141 e. The van der Waals surface area contributed by atoms with Gasteiger partial charge in [0.15, 0.2) is 0 Å². The van der Waals surface area contributed by atoms with E-state index in [0.29, 0.717) is 0 Å². The van der Waals surface area contributed by atoms with Crippen LogP contribution < -0.4 is 0 Å². The van der Waals surface area contributed by atoms with Crippen molar-refractivity contribution >= 4 is 17.4 Å². The predicted octanol–water partition coefficient (Wildman–Crippen LogP) is 5.62. The Hall–Kier alpha value is -1.08. The van der Waals surface area contributed by atoms with Crippen LogP contribution in [0.15, 0.2) is 42.5 Å². The van der Waals surface area contributed by atoms with Gasteiger partial charge in [0.05, 0.1) is 0 Å². The van der Waals surface area contributed by atoms with Crippen molar-refractivity contribution < 1.29 is 0 Å². The lowest BCUT2D eigenvalue weighted by molar-refractivity contribution is 1.45. The summed E-state index contributed by atoms with van der Waals surface area (Å²) in [5, 5.41) is 0. The van der Waals surface area contributed by atoms with Crippen molar-refractivity contribution in [2.24, 2.45) is 0 Å². The molecule has 1 aliphatic carbocycles. The van der Waals surface area contributed by atoms with E-state index in [-0.39, 0.29) is 0 Å². The summed E-state index contributed by atoms with van der Waals surface area (Å²) in [6, 6.07) is 4.28. The third-order valence-corrected chi connectivity index (χ3v) is 2.71. The fourth-order valence-corrected chi connectivity index (χ4v) is 1.95. The maximum Gasteiger partial charge on any atom is 0.0269 e. The van der Waals surface area contributed by atoms with Crippen LogP contribution in [0.3, 0.4) is 0 Å². The van der Waals surface area contributed by atoms with Gasteiger partial charge in [-0.15, -0.1) is 11.3 Å². The lowest BCUT2D eigenvalue weighted by Gasteiger charge is -1.77. The van der Waals surface area contributed by atoms with Crippen molar-refractivity contribution in [3.05, 3.63) is 52.3 Å². The minimum absolute atomic E-state index is 1.14. The van der Waals surface area contributed by atoms with Gasteiger partial charge in [0.2, 0.25) is 0 Å². The molecule has 0 nitrogen and oxygen atoms in total. The number of aryl methyl sites for hydroxylation is 1. The first-order valence-electron chi connectivity index (χ1n) is 5.83. The highest BCUT2D eigenvalue weighted by atomic mass is 32.1. The van der Waals surface area contributed by atoms with Gasteiger partial charge in [-0.2, -0.15) is 0 Å². The first-order chi connectivity index (χ1) is 7.83. The number of thiophene rings is 1. The average Bonchev–Trinajstić information content (AvgIpc) is 2.96. The third-order valence-electron chi connectivity index (χ3n) is 1.75. The summed E-state index contributed by atoms with van der Waals surface area (Å²) < 4.78 is 0. The summed E-state index contributed by atoms with van der Waals surface area (Å²) in [6.45, 7) is 8.16. The molecule has 1 heterocycles. The van der Waals surface area contributed by atoms with Crippen LogP contribution in [-0.4, -0.2) is 0 Å². The first-order valence-corrected chi connectivity index (χ1v) is 6.65. The molecule has 1 aliphatic rings. The Kier molecular flexibility index (Phi) is 9.73. The Labute approximate surface area is 104 Å². The molecule has 1 aromatic heterocycles. The zero-order valence-electron chi connectivity index (χ0n) is 10.7. The summed E-state index contributed by atoms with van der Waals surface area (Å²) in [7, 11) is 0. The molecule has 0 saturated carbocycles. The summed E-state index contributed by atoms with van der Waals surface area (Å²) in [5.74, 6) is 0. The van der Waals surface area contributed by atoms with E-state index in [1.165, 1.54) is 9.75 Å². The highest BCUT2D eigenvalue weighted by molar-refractivity contribution is 7.12. The van der Waals surface area contributed by atoms with Gasteiger partial charge in [0, 0.05) is 9.75 Å². The lowest BCUT2D eigenvalue weighted by Crippen LogP contribution is -1.50. The van der Waals surface area contributed by atoms with Gasteiger partial charge in [-0.05, 0) is 38.5 Å². The monoisotopic (exact) mass is 234 g/mol. The first kappa shape index (κ1) is 14.9. The Morgan fingerprint density at radius 3 is 2.06 bits per heavy atom. The molecule has 0 fully saturated rings. The molecule has 1 heteroatoms. The van der Waals surface area contributed by atoms with E-state index in [4.69, 9.17) is 0 Å². The Morgan fingerprint density at radius 2 is 1.75 bits per heavy atom.